The highest BCUT2D eigenvalue weighted by Gasteiger charge is 2.15. The van der Waals surface area contributed by atoms with E-state index in [0.717, 1.165) is 5.56 Å². The van der Waals surface area contributed by atoms with E-state index >= 15 is 0 Å². The molecule has 104 valence electrons. The van der Waals surface area contributed by atoms with Gasteiger partial charge in [-0.1, -0.05) is 65.7 Å². The topological polar surface area (TPSA) is 25.8 Å². The van der Waals surface area contributed by atoms with Gasteiger partial charge in [-0.3, -0.25) is 0 Å². The molecule has 0 N–H and O–H groups in total. The standard InChI is InChI=1S/C16H9Cl2FN2/c17-14-13(11-7-4-8-12(19)9-11)15(18)21-16(20-14)10-5-2-1-3-6-10/h1-9H. The minimum absolute atomic E-state index is 0.194. The van der Waals surface area contributed by atoms with Gasteiger partial charge >= 0.3 is 0 Å². The van der Waals surface area contributed by atoms with Gasteiger partial charge in [0.2, 0.25) is 0 Å². The molecule has 21 heavy (non-hydrogen) atoms. The summed E-state index contributed by atoms with van der Waals surface area (Å²) in [5.74, 6) is 0.0672. The maximum Gasteiger partial charge on any atom is 0.162 e. The van der Waals surface area contributed by atoms with Gasteiger partial charge in [0, 0.05) is 5.56 Å². The van der Waals surface area contributed by atoms with Gasteiger partial charge in [-0.2, -0.15) is 0 Å². The molecule has 3 aromatic rings. The smallest absolute Gasteiger partial charge is 0.162 e. The second-order valence-corrected chi connectivity index (χ2v) is 5.10. The monoisotopic (exact) mass is 318 g/mol. The molecular formula is C16H9Cl2FN2. The highest BCUT2D eigenvalue weighted by Crippen LogP contribution is 2.34. The lowest BCUT2D eigenvalue weighted by Crippen LogP contribution is -1.94. The predicted octanol–water partition coefficient (Wildman–Crippen LogP) is 5.26. The molecule has 0 aliphatic heterocycles. The second-order valence-electron chi connectivity index (χ2n) is 4.38. The SMILES string of the molecule is Fc1cccc(-c2c(Cl)nc(-c3ccccc3)nc2Cl)c1. The van der Waals surface area contributed by atoms with Crippen LogP contribution in [0.5, 0.6) is 0 Å². The van der Waals surface area contributed by atoms with Crippen molar-refractivity contribution in [3.8, 4) is 22.5 Å². The van der Waals surface area contributed by atoms with Crippen LogP contribution in [0.25, 0.3) is 22.5 Å². The average Bonchev–Trinajstić information content (AvgIpc) is 2.47. The van der Waals surface area contributed by atoms with Crippen molar-refractivity contribution in [1.29, 1.82) is 0 Å². The third kappa shape index (κ3) is 2.89. The molecule has 0 saturated heterocycles. The Kier molecular flexibility index (Phi) is 3.86. The summed E-state index contributed by atoms with van der Waals surface area (Å²) in [6.45, 7) is 0. The van der Waals surface area contributed by atoms with Crippen LogP contribution in [0.15, 0.2) is 54.6 Å². The lowest BCUT2D eigenvalue weighted by molar-refractivity contribution is 0.628. The van der Waals surface area contributed by atoms with Crippen LogP contribution >= 0.6 is 23.2 Å². The molecule has 0 aliphatic carbocycles. The van der Waals surface area contributed by atoms with Gasteiger partial charge in [-0.25, -0.2) is 14.4 Å². The molecule has 2 nitrogen and oxygen atoms in total. The van der Waals surface area contributed by atoms with E-state index in [-0.39, 0.29) is 16.1 Å². The zero-order valence-electron chi connectivity index (χ0n) is 10.7. The Morgan fingerprint density at radius 1 is 0.762 bits per heavy atom. The molecule has 5 heteroatoms. The van der Waals surface area contributed by atoms with Crippen molar-refractivity contribution >= 4 is 23.2 Å². The molecule has 0 fully saturated rings. The highest BCUT2D eigenvalue weighted by atomic mass is 35.5. The normalized spacial score (nSPS) is 10.6. The first-order valence-electron chi connectivity index (χ1n) is 6.19. The quantitative estimate of drug-likeness (QED) is 0.602. The van der Waals surface area contributed by atoms with Crippen LogP contribution in [0.1, 0.15) is 0 Å². The second kappa shape index (κ2) is 5.80. The highest BCUT2D eigenvalue weighted by molar-refractivity contribution is 6.37. The Morgan fingerprint density at radius 2 is 1.38 bits per heavy atom. The van der Waals surface area contributed by atoms with Crippen LogP contribution < -0.4 is 0 Å². The van der Waals surface area contributed by atoms with Crippen molar-refractivity contribution in [2.24, 2.45) is 0 Å². The summed E-state index contributed by atoms with van der Waals surface area (Å²) in [5.41, 5.74) is 1.79. The van der Waals surface area contributed by atoms with Gasteiger partial charge in [-0.15, -0.1) is 0 Å². The maximum atomic E-state index is 13.3. The first-order chi connectivity index (χ1) is 10.1. The van der Waals surface area contributed by atoms with Crippen molar-refractivity contribution in [2.45, 2.75) is 0 Å². The molecule has 0 radical (unpaired) electrons. The molecule has 0 amide bonds. The lowest BCUT2D eigenvalue weighted by Gasteiger charge is -2.08. The number of hydrogen-bond donors (Lipinski definition) is 0. The van der Waals surface area contributed by atoms with Gasteiger partial charge in [0.1, 0.15) is 16.1 Å². The van der Waals surface area contributed by atoms with Gasteiger partial charge in [-0.05, 0) is 17.7 Å². The lowest BCUT2D eigenvalue weighted by atomic mass is 10.1. The molecule has 0 aliphatic rings. The molecule has 0 saturated carbocycles. The van der Waals surface area contributed by atoms with E-state index in [0.29, 0.717) is 17.0 Å². The summed E-state index contributed by atoms with van der Waals surface area (Å²) in [4.78, 5) is 8.52. The molecular weight excluding hydrogens is 310 g/mol. The van der Waals surface area contributed by atoms with Crippen molar-refractivity contribution in [3.05, 3.63) is 70.7 Å². The fraction of sp³-hybridized carbons (Fsp3) is 0. The molecule has 3 rings (SSSR count). The Labute approximate surface area is 131 Å². The van der Waals surface area contributed by atoms with Gasteiger partial charge in [0.25, 0.3) is 0 Å². The van der Waals surface area contributed by atoms with Crippen molar-refractivity contribution in [1.82, 2.24) is 9.97 Å². The van der Waals surface area contributed by atoms with E-state index in [4.69, 9.17) is 23.2 Å². The number of hydrogen-bond acceptors (Lipinski definition) is 2. The van der Waals surface area contributed by atoms with E-state index in [1.54, 1.807) is 12.1 Å². The fourth-order valence-corrected chi connectivity index (χ4v) is 2.61. The first-order valence-corrected chi connectivity index (χ1v) is 6.95. The van der Waals surface area contributed by atoms with E-state index < -0.39 is 0 Å². The molecule has 0 unspecified atom stereocenters. The fourth-order valence-electron chi connectivity index (χ4n) is 2.01. The zero-order chi connectivity index (χ0) is 14.8. The summed E-state index contributed by atoms with van der Waals surface area (Å²) < 4.78 is 13.3. The van der Waals surface area contributed by atoms with Crippen LogP contribution in [0.3, 0.4) is 0 Å². The molecule has 1 heterocycles. The molecule has 0 bridgehead atoms. The van der Waals surface area contributed by atoms with Crippen molar-refractivity contribution in [2.75, 3.05) is 0 Å². The number of nitrogens with zero attached hydrogens (tertiary/aromatic N) is 2. The molecule has 2 aromatic carbocycles. The van der Waals surface area contributed by atoms with Crippen LogP contribution in [0.2, 0.25) is 10.3 Å². The van der Waals surface area contributed by atoms with Crippen LogP contribution in [0.4, 0.5) is 4.39 Å². The summed E-state index contributed by atoms with van der Waals surface area (Å²) in [6.07, 6.45) is 0. The first kappa shape index (κ1) is 14.0. The van der Waals surface area contributed by atoms with Crippen LogP contribution in [-0.4, -0.2) is 9.97 Å². The summed E-state index contributed by atoms with van der Waals surface area (Å²) in [5, 5.41) is 0.388. The van der Waals surface area contributed by atoms with E-state index in [1.165, 1.54) is 12.1 Å². The summed E-state index contributed by atoms with van der Waals surface area (Å²) >= 11 is 12.4. The van der Waals surface area contributed by atoms with Gasteiger partial charge in [0.05, 0.1) is 5.56 Å². The minimum Gasteiger partial charge on any atom is -0.216 e. The van der Waals surface area contributed by atoms with Crippen LogP contribution in [0, 0.1) is 5.82 Å². The van der Waals surface area contributed by atoms with Crippen LogP contribution in [-0.2, 0) is 0 Å². The van der Waals surface area contributed by atoms with E-state index in [1.807, 2.05) is 30.3 Å². The molecule has 1 aromatic heterocycles. The molecule has 0 atom stereocenters. The third-order valence-electron chi connectivity index (χ3n) is 2.97. The van der Waals surface area contributed by atoms with E-state index in [2.05, 4.69) is 9.97 Å². The average molecular weight is 319 g/mol. The summed E-state index contributed by atoms with van der Waals surface area (Å²) in [7, 11) is 0. The van der Waals surface area contributed by atoms with Gasteiger partial charge < -0.3 is 0 Å². The number of aromatic nitrogens is 2. The third-order valence-corrected chi connectivity index (χ3v) is 3.51. The number of benzene rings is 2. The number of halogens is 3. The van der Waals surface area contributed by atoms with Gasteiger partial charge in [0.15, 0.2) is 5.82 Å². The van der Waals surface area contributed by atoms with E-state index in [9.17, 15) is 4.39 Å². The zero-order valence-corrected chi connectivity index (χ0v) is 12.2. The Bertz CT molecular complexity index is 768. The Balaban J connectivity index is 2.13. The Hall–Kier alpha value is -1.97. The van der Waals surface area contributed by atoms with Crippen molar-refractivity contribution < 1.29 is 4.39 Å². The maximum absolute atomic E-state index is 13.3. The predicted molar refractivity (Wildman–Crippen MR) is 82.9 cm³/mol. The largest absolute Gasteiger partial charge is 0.216 e. The number of rotatable bonds is 2. The summed E-state index contributed by atoms with van der Waals surface area (Å²) in [6, 6.07) is 15.4. The Morgan fingerprint density at radius 3 is 2.00 bits per heavy atom. The minimum atomic E-state index is -0.369. The van der Waals surface area contributed by atoms with Crippen molar-refractivity contribution in [3.63, 3.8) is 0 Å². The molecule has 0 spiro atoms.